The van der Waals surface area contributed by atoms with Gasteiger partial charge in [-0.25, -0.2) is 4.39 Å². The Morgan fingerprint density at radius 1 is 1.29 bits per heavy atom. The van der Waals surface area contributed by atoms with E-state index in [1.807, 2.05) is 27.1 Å². The summed E-state index contributed by atoms with van der Waals surface area (Å²) in [6.45, 7) is 4.05. The normalized spacial score (nSPS) is 12.5. The van der Waals surface area contributed by atoms with Crippen molar-refractivity contribution in [2.24, 2.45) is 13.0 Å². The lowest BCUT2D eigenvalue weighted by atomic mass is 9.96. The Hall–Kier alpha value is -1.62. The van der Waals surface area contributed by atoms with Crippen molar-refractivity contribution in [2.75, 3.05) is 0 Å². The van der Waals surface area contributed by atoms with E-state index in [2.05, 4.69) is 21.2 Å². The molecule has 21 heavy (non-hydrogen) atoms. The SMILES string of the molecule is CC(C)C(NC(=O)c1cc(Br)cn1C)c1ccc(F)cc1. The van der Waals surface area contributed by atoms with E-state index >= 15 is 0 Å². The molecule has 1 N–H and O–H groups in total. The maximum atomic E-state index is 13.0. The minimum absolute atomic E-state index is 0.147. The fraction of sp³-hybridized carbons (Fsp3) is 0.312. The summed E-state index contributed by atoms with van der Waals surface area (Å²) < 4.78 is 15.7. The molecule has 1 heterocycles. The summed E-state index contributed by atoms with van der Waals surface area (Å²) in [7, 11) is 1.82. The molecule has 0 aliphatic heterocycles. The van der Waals surface area contributed by atoms with Gasteiger partial charge >= 0.3 is 0 Å². The van der Waals surface area contributed by atoms with Gasteiger partial charge in [0.1, 0.15) is 11.5 Å². The van der Waals surface area contributed by atoms with Gasteiger partial charge < -0.3 is 9.88 Å². The number of carbonyl (C=O) groups excluding carboxylic acids is 1. The van der Waals surface area contributed by atoms with Crippen LogP contribution in [0.1, 0.15) is 35.9 Å². The second-order valence-corrected chi connectivity index (χ2v) is 6.32. The minimum atomic E-state index is -0.279. The highest BCUT2D eigenvalue weighted by molar-refractivity contribution is 9.10. The number of nitrogens with zero attached hydrogens (tertiary/aromatic N) is 1. The Kier molecular flexibility index (Phi) is 4.83. The smallest absolute Gasteiger partial charge is 0.268 e. The molecule has 0 aliphatic carbocycles. The number of benzene rings is 1. The summed E-state index contributed by atoms with van der Waals surface area (Å²) >= 11 is 3.36. The number of halogens is 2. The van der Waals surface area contributed by atoms with Crippen molar-refractivity contribution in [1.82, 2.24) is 9.88 Å². The van der Waals surface area contributed by atoms with Crippen LogP contribution in [0.4, 0.5) is 4.39 Å². The van der Waals surface area contributed by atoms with Crippen LogP contribution in [0.2, 0.25) is 0 Å². The minimum Gasteiger partial charge on any atom is -0.345 e. The van der Waals surface area contributed by atoms with Crippen LogP contribution in [0.3, 0.4) is 0 Å². The van der Waals surface area contributed by atoms with Gasteiger partial charge in [-0.05, 0) is 45.6 Å². The molecule has 0 bridgehead atoms. The number of rotatable bonds is 4. The number of aryl methyl sites for hydroxylation is 1. The van der Waals surface area contributed by atoms with E-state index in [9.17, 15) is 9.18 Å². The van der Waals surface area contributed by atoms with Gasteiger partial charge in [0, 0.05) is 17.7 Å². The van der Waals surface area contributed by atoms with Crippen LogP contribution < -0.4 is 5.32 Å². The maximum Gasteiger partial charge on any atom is 0.268 e. The van der Waals surface area contributed by atoms with Crippen molar-refractivity contribution >= 4 is 21.8 Å². The molecular weight excluding hydrogens is 335 g/mol. The number of hydrogen-bond donors (Lipinski definition) is 1. The van der Waals surface area contributed by atoms with E-state index in [0.29, 0.717) is 5.69 Å². The first-order valence-electron chi connectivity index (χ1n) is 6.76. The van der Waals surface area contributed by atoms with E-state index in [-0.39, 0.29) is 23.7 Å². The molecule has 112 valence electrons. The largest absolute Gasteiger partial charge is 0.345 e. The molecule has 1 aromatic heterocycles. The molecule has 1 atom stereocenters. The molecule has 0 saturated heterocycles. The number of aromatic nitrogens is 1. The summed E-state index contributed by atoms with van der Waals surface area (Å²) in [6.07, 6.45) is 1.83. The highest BCUT2D eigenvalue weighted by atomic mass is 79.9. The Labute approximate surface area is 132 Å². The first-order chi connectivity index (χ1) is 9.88. The molecule has 2 aromatic rings. The van der Waals surface area contributed by atoms with E-state index < -0.39 is 0 Å². The van der Waals surface area contributed by atoms with Crippen LogP contribution in [0.25, 0.3) is 0 Å². The lowest BCUT2D eigenvalue weighted by Gasteiger charge is -2.23. The molecule has 0 aliphatic rings. The van der Waals surface area contributed by atoms with Gasteiger partial charge in [0.2, 0.25) is 0 Å². The highest BCUT2D eigenvalue weighted by Crippen LogP contribution is 2.23. The van der Waals surface area contributed by atoms with Crippen LogP contribution in [0, 0.1) is 11.7 Å². The van der Waals surface area contributed by atoms with Crippen molar-refractivity contribution in [2.45, 2.75) is 19.9 Å². The molecule has 2 rings (SSSR count). The third-order valence-corrected chi connectivity index (χ3v) is 3.82. The predicted octanol–water partition coefficient (Wildman–Crippen LogP) is 4.05. The van der Waals surface area contributed by atoms with Gasteiger partial charge in [-0.15, -0.1) is 0 Å². The van der Waals surface area contributed by atoms with Gasteiger partial charge in [-0.3, -0.25) is 4.79 Å². The Balaban J connectivity index is 2.22. The van der Waals surface area contributed by atoms with Gasteiger partial charge in [0.25, 0.3) is 5.91 Å². The zero-order chi connectivity index (χ0) is 15.6. The number of amides is 1. The molecule has 0 fully saturated rings. The molecule has 1 aromatic carbocycles. The molecule has 1 amide bonds. The second-order valence-electron chi connectivity index (χ2n) is 5.40. The van der Waals surface area contributed by atoms with Gasteiger partial charge in [0.05, 0.1) is 6.04 Å². The second kappa shape index (κ2) is 6.43. The van der Waals surface area contributed by atoms with E-state index in [0.717, 1.165) is 10.0 Å². The van der Waals surface area contributed by atoms with E-state index in [1.165, 1.54) is 12.1 Å². The van der Waals surface area contributed by atoms with Gasteiger partial charge in [-0.1, -0.05) is 26.0 Å². The standard InChI is InChI=1S/C16H18BrFN2O/c1-10(2)15(11-4-6-13(18)7-5-11)19-16(21)14-8-12(17)9-20(14)3/h4-10,15H,1-3H3,(H,19,21). The lowest BCUT2D eigenvalue weighted by molar-refractivity contribution is 0.0917. The van der Waals surface area contributed by atoms with Crippen LogP contribution in [-0.2, 0) is 7.05 Å². The van der Waals surface area contributed by atoms with Gasteiger partial charge in [-0.2, -0.15) is 0 Å². The van der Waals surface area contributed by atoms with Crippen molar-refractivity contribution in [3.63, 3.8) is 0 Å². The maximum absolute atomic E-state index is 13.0. The van der Waals surface area contributed by atoms with E-state index in [1.54, 1.807) is 22.8 Å². The average Bonchev–Trinajstić information content (AvgIpc) is 2.76. The number of carbonyl (C=O) groups is 1. The van der Waals surface area contributed by atoms with Crippen molar-refractivity contribution in [3.05, 3.63) is 58.1 Å². The van der Waals surface area contributed by atoms with Gasteiger partial charge in [0.15, 0.2) is 0 Å². The summed E-state index contributed by atoms with van der Waals surface area (Å²) in [4.78, 5) is 12.4. The van der Waals surface area contributed by atoms with Crippen molar-refractivity contribution in [1.29, 1.82) is 0 Å². The van der Waals surface area contributed by atoms with Crippen LogP contribution in [-0.4, -0.2) is 10.5 Å². The number of hydrogen-bond acceptors (Lipinski definition) is 1. The quantitative estimate of drug-likeness (QED) is 0.884. The number of nitrogens with one attached hydrogen (secondary N) is 1. The van der Waals surface area contributed by atoms with Crippen LogP contribution in [0.5, 0.6) is 0 Å². The Bertz CT molecular complexity index is 634. The monoisotopic (exact) mass is 352 g/mol. The van der Waals surface area contributed by atoms with Crippen LogP contribution >= 0.6 is 15.9 Å². The van der Waals surface area contributed by atoms with E-state index in [4.69, 9.17) is 0 Å². The molecule has 0 saturated carbocycles. The fourth-order valence-corrected chi connectivity index (χ4v) is 2.79. The molecule has 1 unspecified atom stereocenters. The molecule has 3 nitrogen and oxygen atoms in total. The first-order valence-corrected chi connectivity index (χ1v) is 7.56. The lowest BCUT2D eigenvalue weighted by Crippen LogP contribution is -2.32. The summed E-state index contributed by atoms with van der Waals surface area (Å²) in [6, 6.07) is 7.86. The fourth-order valence-electron chi connectivity index (χ4n) is 2.27. The zero-order valence-corrected chi connectivity index (χ0v) is 13.8. The third kappa shape index (κ3) is 3.73. The molecule has 0 radical (unpaired) electrons. The summed E-state index contributed by atoms with van der Waals surface area (Å²) in [5.41, 5.74) is 1.47. The molecule has 0 spiro atoms. The highest BCUT2D eigenvalue weighted by Gasteiger charge is 2.20. The zero-order valence-electron chi connectivity index (χ0n) is 12.2. The topological polar surface area (TPSA) is 34.0 Å². The summed E-state index contributed by atoms with van der Waals surface area (Å²) in [5.74, 6) is -0.228. The summed E-state index contributed by atoms with van der Waals surface area (Å²) in [5, 5.41) is 3.02. The Morgan fingerprint density at radius 2 is 1.90 bits per heavy atom. The van der Waals surface area contributed by atoms with Crippen molar-refractivity contribution < 1.29 is 9.18 Å². The molecule has 5 heteroatoms. The molecular formula is C16H18BrFN2O. The average molecular weight is 353 g/mol. The van der Waals surface area contributed by atoms with Crippen LogP contribution in [0.15, 0.2) is 41.0 Å². The van der Waals surface area contributed by atoms with Crippen molar-refractivity contribution in [3.8, 4) is 0 Å². The predicted molar refractivity (Wildman–Crippen MR) is 84.6 cm³/mol. The third-order valence-electron chi connectivity index (χ3n) is 3.39. The Morgan fingerprint density at radius 3 is 2.38 bits per heavy atom. The first kappa shape index (κ1) is 15.8.